The van der Waals surface area contributed by atoms with Crippen LogP contribution in [0, 0.1) is 24.0 Å². The molecule has 8 nitrogen and oxygen atoms in total. The zero-order valence-corrected chi connectivity index (χ0v) is 25.3. The van der Waals surface area contributed by atoms with Gasteiger partial charge in [0.15, 0.2) is 5.82 Å². The van der Waals surface area contributed by atoms with E-state index in [1.807, 2.05) is 0 Å². The Bertz CT molecular complexity index is 1960. The van der Waals surface area contributed by atoms with Crippen molar-refractivity contribution < 1.29 is 22.6 Å². The summed E-state index contributed by atoms with van der Waals surface area (Å²) in [6.07, 6.45) is 11.2. The summed E-state index contributed by atoms with van der Waals surface area (Å²) in [6.45, 7) is 2.57. The van der Waals surface area contributed by atoms with Gasteiger partial charge >= 0.3 is 6.01 Å². The van der Waals surface area contributed by atoms with Crippen molar-refractivity contribution in [1.82, 2.24) is 20.2 Å². The average molecular weight is 627 g/mol. The van der Waals surface area contributed by atoms with Crippen LogP contribution in [0.5, 0.6) is 11.8 Å². The van der Waals surface area contributed by atoms with Crippen molar-refractivity contribution in [3.63, 3.8) is 0 Å². The Morgan fingerprint density at radius 2 is 1.89 bits per heavy atom. The molecule has 0 aliphatic carbocycles. The molecule has 4 aliphatic rings. The van der Waals surface area contributed by atoms with Gasteiger partial charge in [-0.1, -0.05) is 24.1 Å². The molecule has 236 valence electrons. The number of benzene rings is 3. The van der Waals surface area contributed by atoms with E-state index >= 15 is 4.39 Å². The molecule has 3 N–H and O–H groups in total. The average Bonchev–Trinajstić information content (AvgIpc) is 3.70. The minimum Gasteiger partial charge on any atom is -0.496 e. The van der Waals surface area contributed by atoms with Crippen molar-refractivity contribution in [2.24, 2.45) is 0 Å². The number of alkyl halides is 1. The van der Waals surface area contributed by atoms with Crippen molar-refractivity contribution >= 4 is 33.2 Å². The van der Waals surface area contributed by atoms with E-state index in [1.165, 1.54) is 13.2 Å². The van der Waals surface area contributed by atoms with Gasteiger partial charge in [-0.3, -0.25) is 4.90 Å². The number of nitrogens with one attached hydrogen (secondary N) is 1. The lowest BCUT2D eigenvalue weighted by Crippen LogP contribution is -2.52. The van der Waals surface area contributed by atoms with Gasteiger partial charge in [0, 0.05) is 54.8 Å². The summed E-state index contributed by atoms with van der Waals surface area (Å²) in [6, 6.07) is 7.85. The summed E-state index contributed by atoms with van der Waals surface area (Å²) < 4.78 is 58.7. The third-order valence-corrected chi connectivity index (χ3v) is 9.95. The summed E-state index contributed by atoms with van der Waals surface area (Å²) in [5, 5.41) is 4.84. The molecular formula is C35H33F3N6O2. The molecule has 3 fully saturated rings. The Morgan fingerprint density at radius 1 is 1.09 bits per heavy atom. The smallest absolute Gasteiger partial charge is 0.319 e. The largest absolute Gasteiger partial charge is 0.496 e. The maximum absolute atomic E-state index is 17.1. The van der Waals surface area contributed by atoms with Crippen LogP contribution in [0.25, 0.3) is 32.8 Å². The van der Waals surface area contributed by atoms with Crippen LogP contribution in [0.15, 0.2) is 42.5 Å². The maximum atomic E-state index is 17.1. The van der Waals surface area contributed by atoms with Crippen molar-refractivity contribution in [1.29, 1.82) is 0 Å². The summed E-state index contributed by atoms with van der Waals surface area (Å²) in [5.74, 6) is 1.96. The van der Waals surface area contributed by atoms with Gasteiger partial charge in [-0.15, -0.1) is 6.42 Å². The minimum atomic E-state index is -0.920. The van der Waals surface area contributed by atoms with Crippen LogP contribution in [-0.4, -0.2) is 78.6 Å². The zero-order chi connectivity index (χ0) is 31.7. The van der Waals surface area contributed by atoms with Crippen molar-refractivity contribution in [2.45, 2.75) is 43.1 Å². The maximum Gasteiger partial charge on any atom is 0.319 e. The highest BCUT2D eigenvalue weighted by Crippen LogP contribution is 2.45. The molecule has 0 amide bonds. The van der Waals surface area contributed by atoms with Crippen LogP contribution in [-0.2, 0) is 0 Å². The number of fused-ring (bicyclic) bond motifs is 5. The van der Waals surface area contributed by atoms with E-state index < -0.39 is 23.3 Å². The van der Waals surface area contributed by atoms with Gasteiger partial charge in [0.05, 0.1) is 23.6 Å². The predicted molar refractivity (Wildman–Crippen MR) is 172 cm³/mol. The van der Waals surface area contributed by atoms with E-state index in [-0.39, 0.29) is 41.3 Å². The Kier molecular flexibility index (Phi) is 6.78. The molecule has 46 heavy (non-hydrogen) atoms. The fourth-order valence-electron chi connectivity index (χ4n) is 7.93. The predicted octanol–water partition coefficient (Wildman–Crippen LogP) is 4.97. The molecule has 0 radical (unpaired) electrons. The van der Waals surface area contributed by atoms with Crippen LogP contribution < -0.4 is 25.4 Å². The van der Waals surface area contributed by atoms with Crippen LogP contribution >= 0.6 is 0 Å². The van der Waals surface area contributed by atoms with E-state index in [2.05, 4.69) is 38.2 Å². The number of rotatable bonds is 6. The van der Waals surface area contributed by atoms with E-state index in [0.717, 1.165) is 19.4 Å². The molecule has 3 saturated heterocycles. The number of hydrogen-bond acceptors (Lipinski definition) is 8. The summed E-state index contributed by atoms with van der Waals surface area (Å²) in [7, 11) is 1.50. The first kappa shape index (κ1) is 28.9. The normalized spacial score (nSPS) is 25.4. The number of nitrogen functional groups attached to an aromatic ring is 1. The van der Waals surface area contributed by atoms with Crippen molar-refractivity contribution in [2.75, 3.05) is 50.5 Å². The van der Waals surface area contributed by atoms with Gasteiger partial charge in [0.25, 0.3) is 0 Å². The lowest BCUT2D eigenvalue weighted by Gasteiger charge is -2.35. The van der Waals surface area contributed by atoms with Gasteiger partial charge in [-0.05, 0) is 54.6 Å². The molecule has 5 heterocycles. The number of aromatic nitrogens is 2. The van der Waals surface area contributed by atoms with Crippen molar-refractivity contribution in [3.8, 4) is 35.2 Å². The molecular weight excluding hydrogens is 593 g/mol. The van der Waals surface area contributed by atoms with Crippen LogP contribution in [0.3, 0.4) is 0 Å². The van der Waals surface area contributed by atoms with E-state index in [1.54, 1.807) is 24.3 Å². The molecule has 3 aromatic carbocycles. The van der Waals surface area contributed by atoms with E-state index in [9.17, 15) is 8.78 Å². The highest BCUT2D eigenvalue weighted by molar-refractivity contribution is 6.06. The molecule has 4 unspecified atom stereocenters. The first-order chi connectivity index (χ1) is 22.3. The molecule has 2 bridgehead atoms. The highest BCUT2D eigenvalue weighted by atomic mass is 19.1. The summed E-state index contributed by atoms with van der Waals surface area (Å²) in [5.41, 5.74) is 6.57. The number of piperazine rings is 1. The molecule has 0 spiro atoms. The second kappa shape index (κ2) is 10.8. The standard InChI is InChI=1S/C35H33F3N6O2/c1-3-24-27(37)8-5-19-11-21(39)12-25(29(19)24)26-13-28(45-2)30-32(31(26)38)41-34(42-33(30)43-16-22-6-7-23(17-43)40-22)46-18-35-9-4-10-44(35)15-20(36)14-35/h1,5-8,11-13,20,22-23,40H,4,9-10,14-18,39H2,2H3. The number of ether oxygens (including phenoxy) is 2. The molecule has 4 atom stereocenters. The number of nitrogens with two attached hydrogens (primary N) is 1. The van der Waals surface area contributed by atoms with Crippen molar-refractivity contribution in [3.05, 3.63) is 59.7 Å². The fourth-order valence-corrected chi connectivity index (χ4v) is 7.93. The van der Waals surface area contributed by atoms with Gasteiger partial charge in [0.1, 0.15) is 35.7 Å². The van der Waals surface area contributed by atoms with Gasteiger partial charge in [-0.2, -0.15) is 9.97 Å². The van der Waals surface area contributed by atoms with Crippen LogP contribution in [0.1, 0.15) is 24.8 Å². The Balaban J connectivity index is 1.32. The van der Waals surface area contributed by atoms with E-state index in [0.29, 0.717) is 65.0 Å². The number of anilines is 2. The molecule has 1 aromatic heterocycles. The third-order valence-electron chi connectivity index (χ3n) is 9.95. The fraction of sp³-hybridized carbons (Fsp3) is 0.371. The topological polar surface area (TPSA) is 88.8 Å². The SMILES string of the molecule is C#Cc1c(F)ccc2cc(N)cc(-c3cc(OC)c4c(N5CC6C=CC(C5)N6)nc(OCC56CCCN5CC(F)C6)nc4c3F)c12. The van der Waals surface area contributed by atoms with E-state index in [4.69, 9.17) is 26.6 Å². The minimum absolute atomic E-state index is 0.00392. The quantitative estimate of drug-likeness (QED) is 0.176. The number of terminal acetylenes is 1. The van der Waals surface area contributed by atoms with Gasteiger partial charge < -0.3 is 25.4 Å². The monoisotopic (exact) mass is 626 g/mol. The number of methoxy groups -OCH3 is 1. The molecule has 4 aromatic rings. The second-order valence-electron chi connectivity index (χ2n) is 12.8. The first-order valence-electron chi connectivity index (χ1n) is 15.5. The Hall–Kier alpha value is -4.53. The lowest BCUT2D eigenvalue weighted by atomic mass is 9.92. The second-order valence-corrected chi connectivity index (χ2v) is 12.8. The number of nitrogens with zero attached hydrogens (tertiary/aromatic N) is 4. The molecule has 4 aliphatic heterocycles. The lowest BCUT2D eigenvalue weighted by molar-refractivity contribution is 0.107. The number of halogens is 3. The van der Waals surface area contributed by atoms with Crippen LogP contribution in [0.2, 0.25) is 0 Å². The summed E-state index contributed by atoms with van der Waals surface area (Å²) in [4.78, 5) is 13.7. The molecule has 8 rings (SSSR count). The van der Waals surface area contributed by atoms with Crippen LogP contribution in [0.4, 0.5) is 24.7 Å². The molecule has 11 heteroatoms. The third kappa shape index (κ3) is 4.54. The highest BCUT2D eigenvalue weighted by Gasteiger charge is 2.49. The first-order valence-corrected chi connectivity index (χ1v) is 15.5. The zero-order valence-electron chi connectivity index (χ0n) is 25.3. The van der Waals surface area contributed by atoms with Gasteiger partial charge in [-0.25, -0.2) is 13.2 Å². The Labute approximate surface area is 264 Å². The summed E-state index contributed by atoms with van der Waals surface area (Å²) >= 11 is 0. The Morgan fingerprint density at radius 3 is 2.65 bits per heavy atom. The van der Waals surface area contributed by atoms with Gasteiger partial charge in [0.2, 0.25) is 0 Å². The number of hydrogen-bond donors (Lipinski definition) is 2. The molecule has 0 saturated carbocycles.